The van der Waals surface area contributed by atoms with E-state index in [4.69, 9.17) is 27.9 Å². The van der Waals surface area contributed by atoms with Gasteiger partial charge in [0, 0.05) is 20.0 Å². The molecule has 1 heterocycles. The fourth-order valence-electron chi connectivity index (χ4n) is 3.52. The molecule has 0 bridgehead atoms. The number of benzene rings is 3. The molecular weight excluding hydrogens is 539 g/mol. The van der Waals surface area contributed by atoms with Crippen molar-refractivity contribution in [2.75, 3.05) is 0 Å². The minimum Gasteiger partial charge on any atom is -0.358 e. The molecule has 1 aliphatic rings. The normalized spacial score (nSPS) is 21.3. The van der Waals surface area contributed by atoms with Crippen LogP contribution in [-0.2, 0) is 16.0 Å². The molecular formula is C23H17Cl2FINO2. The summed E-state index contributed by atoms with van der Waals surface area (Å²) in [7, 11) is 0. The van der Waals surface area contributed by atoms with Crippen molar-refractivity contribution in [1.29, 1.82) is 0 Å². The number of carbonyl (C=O) groups is 1. The molecule has 1 aliphatic heterocycles. The van der Waals surface area contributed by atoms with Gasteiger partial charge < -0.3 is 10.1 Å². The van der Waals surface area contributed by atoms with E-state index < -0.39 is 18.2 Å². The molecule has 0 aromatic heterocycles. The van der Waals surface area contributed by atoms with Crippen molar-refractivity contribution in [2.24, 2.45) is 0 Å². The van der Waals surface area contributed by atoms with Gasteiger partial charge in [-0.2, -0.15) is 0 Å². The molecule has 1 unspecified atom stereocenters. The molecule has 3 nitrogen and oxygen atoms in total. The van der Waals surface area contributed by atoms with E-state index in [0.29, 0.717) is 15.6 Å². The van der Waals surface area contributed by atoms with Crippen molar-refractivity contribution in [2.45, 2.75) is 24.7 Å². The number of carbonyl (C=O) groups excluding carboxylic acids is 1. The zero-order chi connectivity index (χ0) is 21.3. The average molecular weight is 556 g/mol. The van der Waals surface area contributed by atoms with Crippen molar-refractivity contribution >= 4 is 51.7 Å². The molecule has 1 fully saturated rings. The number of morpholine rings is 1. The summed E-state index contributed by atoms with van der Waals surface area (Å²) in [5.74, 6) is -0.626. The first-order valence-corrected chi connectivity index (χ1v) is 11.1. The van der Waals surface area contributed by atoms with Gasteiger partial charge in [0.15, 0.2) is 0 Å². The van der Waals surface area contributed by atoms with Crippen LogP contribution >= 0.6 is 45.8 Å². The Balaban J connectivity index is 1.66. The van der Waals surface area contributed by atoms with Crippen LogP contribution in [0, 0.1) is 9.39 Å². The highest BCUT2D eigenvalue weighted by atomic mass is 127. The van der Waals surface area contributed by atoms with Crippen LogP contribution in [0.25, 0.3) is 0 Å². The number of halogens is 4. The molecule has 1 amide bonds. The van der Waals surface area contributed by atoms with Gasteiger partial charge in [-0.3, -0.25) is 4.79 Å². The molecule has 30 heavy (non-hydrogen) atoms. The third kappa shape index (κ3) is 4.80. The lowest BCUT2D eigenvalue weighted by molar-refractivity contribution is -0.150. The zero-order valence-corrected chi connectivity index (χ0v) is 19.3. The minimum absolute atomic E-state index is 0.145. The number of hydrogen-bond acceptors (Lipinski definition) is 2. The van der Waals surface area contributed by atoms with Gasteiger partial charge in [0.2, 0.25) is 5.91 Å². The molecule has 0 radical (unpaired) electrons. The molecule has 3 aromatic rings. The van der Waals surface area contributed by atoms with Gasteiger partial charge in [0.25, 0.3) is 0 Å². The van der Waals surface area contributed by atoms with Crippen molar-refractivity contribution in [3.63, 3.8) is 0 Å². The van der Waals surface area contributed by atoms with E-state index in [0.717, 1.165) is 14.7 Å². The number of ether oxygens (including phenoxy) is 1. The third-order valence-electron chi connectivity index (χ3n) is 5.05. The monoisotopic (exact) mass is 555 g/mol. The summed E-state index contributed by atoms with van der Waals surface area (Å²) >= 11 is 14.1. The first kappa shape index (κ1) is 21.6. The summed E-state index contributed by atoms with van der Waals surface area (Å²) in [5.41, 5.74) is 2.18. The fourth-order valence-corrected chi connectivity index (χ4v) is 4.22. The Morgan fingerprint density at radius 1 is 0.933 bits per heavy atom. The molecule has 0 spiro atoms. The van der Waals surface area contributed by atoms with Crippen LogP contribution in [-0.4, -0.2) is 12.0 Å². The quantitative estimate of drug-likeness (QED) is 0.385. The van der Waals surface area contributed by atoms with Gasteiger partial charge in [-0.05, 0) is 75.7 Å². The average Bonchev–Trinajstić information content (AvgIpc) is 2.72. The predicted octanol–water partition coefficient (Wildman–Crippen LogP) is 6.28. The van der Waals surface area contributed by atoms with Crippen molar-refractivity contribution in [3.05, 3.63) is 103 Å². The standard InChI is InChI=1S/C23H17Cl2FINO2/c24-16-6-1-13(2-7-16)21-22(14-3-8-17(25)9-4-14)30-20(23(29)28-21)11-15-5-10-18(27)12-19(15)26/h1-10,12,20-22H,11H2,(H,28,29)/t20-,21?,22-/m1/s1. The Kier molecular flexibility index (Phi) is 6.63. The number of amides is 1. The molecule has 1 saturated heterocycles. The largest absolute Gasteiger partial charge is 0.358 e. The van der Waals surface area contributed by atoms with Crippen molar-refractivity contribution in [1.82, 2.24) is 5.32 Å². The van der Waals surface area contributed by atoms with Gasteiger partial charge in [-0.15, -0.1) is 0 Å². The lowest BCUT2D eigenvalue weighted by atomic mass is 9.92. The number of nitrogens with one attached hydrogen (secondary N) is 1. The third-order valence-corrected chi connectivity index (χ3v) is 6.23. The Morgan fingerprint density at radius 2 is 1.53 bits per heavy atom. The molecule has 0 aliphatic carbocycles. The zero-order valence-electron chi connectivity index (χ0n) is 15.6. The van der Waals surface area contributed by atoms with Crippen LogP contribution in [0.2, 0.25) is 10.0 Å². The summed E-state index contributed by atoms with van der Waals surface area (Å²) < 4.78 is 21.4. The second-order valence-corrected chi connectivity index (χ2v) is 9.19. The van der Waals surface area contributed by atoms with Gasteiger partial charge in [-0.25, -0.2) is 4.39 Å². The van der Waals surface area contributed by atoms with Crippen LogP contribution in [0.4, 0.5) is 4.39 Å². The Bertz CT molecular complexity index is 1060. The second-order valence-electron chi connectivity index (χ2n) is 7.07. The van der Waals surface area contributed by atoms with Gasteiger partial charge in [0.05, 0.1) is 6.04 Å². The first-order chi connectivity index (χ1) is 14.4. The highest BCUT2D eigenvalue weighted by molar-refractivity contribution is 14.1. The smallest absolute Gasteiger partial charge is 0.250 e. The lowest BCUT2D eigenvalue weighted by Crippen LogP contribution is -2.48. The van der Waals surface area contributed by atoms with E-state index in [2.05, 4.69) is 27.9 Å². The highest BCUT2D eigenvalue weighted by Crippen LogP contribution is 2.38. The number of rotatable bonds is 4. The SMILES string of the molecule is O=C1NC(c2ccc(Cl)cc2)[C@@H](c2ccc(Cl)cc2)O[C@@H]1Cc1ccc(I)cc1F. The molecule has 3 aromatic carbocycles. The van der Waals surface area contributed by atoms with E-state index in [1.165, 1.54) is 6.07 Å². The Labute approximate surface area is 197 Å². The van der Waals surface area contributed by atoms with Crippen LogP contribution in [0.15, 0.2) is 66.7 Å². The fraction of sp³-hybridized carbons (Fsp3) is 0.174. The molecule has 3 atom stereocenters. The van der Waals surface area contributed by atoms with E-state index in [9.17, 15) is 9.18 Å². The molecule has 4 rings (SSSR count). The van der Waals surface area contributed by atoms with Crippen LogP contribution < -0.4 is 5.32 Å². The maximum Gasteiger partial charge on any atom is 0.250 e. The Morgan fingerprint density at radius 3 is 2.13 bits per heavy atom. The van der Waals surface area contributed by atoms with Crippen molar-refractivity contribution < 1.29 is 13.9 Å². The topological polar surface area (TPSA) is 38.3 Å². The molecule has 7 heteroatoms. The minimum atomic E-state index is -0.816. The van der Waals surface area contributed by atoms with Crippen LogP contribution in [0.3, 0.4) is 0 Å². The lowest BCUT2D eigenvalue weighted by Gasteiger charge is -2.37. The predicted molar refractivity (Wildman–Crippen MR) is 124 cm³/mol. The summed E-state index contributed by atoms with van der Waals surface area (Å²) in [6.45, 7) is 0. The van der Waals surface area contributed by atoms with Crippen molar-refractivity contribution in [3.8, 4) is 0 Å². The first-order valence-electron chi connectivity index (χ1n) is 9.31. The van der Waals surface area contributed by atoms with E-state index in [-0.39, 0.29) is 18.1 Å². The maximum absolute atomic E-state index is 14.4. The van der Waals surface area contributed by atoms with Gasteiger partial charge in [0.1, 0.15) is 18.0 Å². The molecule has 154 valence electrons. The summed E-state index contributed by atoms with van der Waals surface area (Å²) in [4.78, 5) is 12.9. The van der Waals surface area contributed by atoms with E-state index in [1.807, 2.05) is 30.3 Å². The van der Waals surface area contributed by atoms with E-state index >= 15 is 0 Å². The van der Waals surface area contributed by atoms with Crippen LogP contribution in [0.5, 0.6) is 0 Å². The maximum atomic E-state index is 14.4. The number of hydrogen-bond donors (Lipinski definition) is 1. The summed E-state index contributed by atoms with van der Waals surface area (Å²) in [6, 6.07) is 19.1. The highest BCUT2D eigenvalue weighted by Gasteiger charge is 2.38. The summed E-state index contributed by atoms with van der Waals surface area (Å²) in [5, 5.41) is 4.27. The Hall–Kier alpha value is -1.67. The van der Waals surface area contributed by atoms with Gasteiger partial charge in [-0.1, -0.05) is 53.5 Å². The van der Waals surface area contributed by atoms with E-state index in [1.54, 1.807) is 30.3 Å². The summed E-state index contributed by atoms with van der Waals surface area (Å²) in [6.07, 6.45) is -1.13. The van der Waals surface area contributed by atoms with Crippen LogP contribution in [0.1, 0.15) is 28.8 Å². The molecule has 1 N–H and O–H groups in total. The second kappa shape index (κ2) is 9.22. The molecule has 0 saturated carbocycles. The van der Waals surface area contributed by atoms with Gasteiger partial charge >= 0.3 is 0 Å².